The first-order valence-electron chi connectivity index (χ1n) is 7.98. The topological polar surface area (TPSA) is 58.6 Å². The summed E-state index contributed by atoms with van der Waals surface area (Å²) in [6.07, 6.45) is 5.08. The maximum absolute atomic E-state index is 12.1. The maximum Gasteiger partial charge on any atom is 0.225 e. The second-order valence-corrected chi connectivity index (χ2v) is 7.30. The molecule has 1 aliphatic heterocycles. The number of thiophene rings is 1. The molecular formula is C18H19NO3S. The fourth-order valence-electron chi connectivity index (χ4n) is 3.73. The van der Waals surface area contributed by atoms with E-state index < -0.39 is 0 Å². The van der Waals surface area contributed by atoms with E-state index in [1.54, 1.807) is 23.5 Å². The molecule has 5 heteroatoms. The Kier molecular flexibility index (Phi) is 3.53. The molecule has 4 nitrogen and oxygen atoms in total. The molecule has 1 aromatic heterocycles. The van der Waals surface area contributed by atoms with Gasteiger partial charge < -0.3 is 15.2 Å². The van der Waals surface area contributed by atoms with Gasteiger partial charge in [-0.3, -0.25) is 4.79 Å². The number of carbonyl (C=O) groups excluding carboxylic acids is 1. The lowest BCUT2D eigenvalue weighted by Crippen LogP contribution is -2.23. The molecule has 0 saturated carbocycles. The van der Waals surface area contributed by atoms with E-state index in [9.17, 15) is 9.90 Å². The molecule has 120 valence electrons. The van der Waals surface area contributed by atoms with Crippen LogP contribution >= 0.6 is 11.3 Å². The summed E-state index contributed by atoms with van der Waals surface area (Å²) in [6, 6.07) is 5.47. The van der Waals surface area contributed by atoms with Crippen LogP contribution in [0.3, 0.4) is 0 Å². The fourth-order valence-corrected chi connectivity index (χ4v) is 5.09. The minimum atomic E-state index is 0.0219. The van der Waals surface area contributed by atoms with Crippen LogP contribution in [0.5, 0.6) is 11.5 Å². The van der Waals surface area contributed by atoms with Gasteiger partial charge in [0.2, 0.25) is 5.91 Å². The summed E-state index contributed by atoms with van der Waals surface area (Å²) in [5.41, 5.74) is 3.68. The molecule has 4 rings (SSSR count). The Morgan fingerprint density at radius 3 is 2.91 bits per heavy atom. The zero-order chi connectivity index (χ0) is 16.0. The Balaban J connectivity index is 1.82. The number of hydrogen-bond donors (Lipinski definition) is 2. The number of benzene rings is 1. The Morgan fingerprint density at radius 2 is 2.13 bits per heavy atom. The van der Waals surface area contributed by atoms with E-state index in [2.05, 4.69) is 5.32 Å². The van der Waals surface area contributed by atoms with Crippen molar-refractivity contribution in [2.75, 3.05) is 12.4 Å². The van der Waals surface area contributed by atoms with Gasteiger partial charge in [-0.15, -0.1) is 11.3 Å². The van der Waals surface area contributed by atoms with Crippen LogP contribution in [-0.4, -0.2) is 18.1 Å². The van der Waals surface area contributed by atoms with Crippen LogP contribution in [0, 0.1) is 0 Å². The molecule has 1 amide bonds. The van der Waals surface area contributed by atoms with Crippen molar-refractivity contribution in [2.24, 2.45) is 0 Å². The summed E-state index contributed by atoms with van der Waals surface area (Å²) >= 11 is 1.73. The van der Waals surface area contributed by atoms with Crippen LogP contribution in [0.15, 0.2) is 18.2 Å². The number of amides is 1. The molecule has 1 atom stereocenters. The van der Waals surface area contributed by atoms with Gasteiger partial charge in [0.25, 0.3) is 0 Å². The first-order valence-corrected chi connectivity index (χ1v) is 8.80. The molecule has 1 aliphatic carbocycles. The van der Waals surface area contributed by atoms with Crippen LogP contribution < -0.4 is 10.1 Å². The third-order valence-corrected chi connectivity index (χ3v) is 6.03. The van der Waals surface area contributed by atoms with Crippen molar-refractivity contribution in [1.82, 2.24) is 0 Å². The average Bonchev–Trinajstić information content (AvgIpc) is 2.92. The molecular weight excluding hydrogens is 310 g/mol. The summed E-state index contributed by atoms with van der Waals surface area (Å²) in [5.74, 6) is 0.660. The van der Waals surface area contributed by atoms with E-state index >= 15 is 0 Å². The lowest BCUT2D eigenvalue weighted by molar-refractivity contribution is -0.116. The smallest absolute Gasteiger partial charge is 0.225 e. The van der Waals surface area contributed by atoms with Crippen LogP contribution in [0.1, 0.15) is 46.7 Å². The molecule has 0 radical (unpaired) electrons. The number of phenols is 1. The highest BCUT2D eigenvalue weighted by Gasteiger charge is 2.33. The number of ether oxygens (including phenoxy) is 1. The highest BCUT2D eigenvalue weighted by atomic mass is 32.1. The van der Waals surface area contributed by atoms with Gasteiger partial charge in [-0.05, 0) is 54.5 Å². The number of anilines is 1. The third kappa shape index (κ3) is 2.39. The van der Waals surface area contributed by atoms with E-state index in [0.29, 0.717) is 12.2 Å². The molecule has 0 unspecified atom stereocenters. The van der Waals surface area contributed by atoms with E-state index in [0.717, 1.165) is 23.4 Å². The number of fused-ring (bicyclic) bond motifs is 3. The van der Waals surface area contributed by atoms with Gasteiger partial charge in [0.15, 0.2) is 11.5 Å². The highest BCUT2D eigenvalue weighted by molar-refractivity contribution is 7.16. The van der Waals surface area contributed by atoms with E-state index in [4.69, 9.17) is 4.74 Å². The summed E-state index contributed by atoms with van der Waals surface area (Å²) in [4.78, 5) is 13.6. The second-order valence-electron chi connectivity index (χ2n) is 6.19. The largest absolute Gasteiger partial charge is 0.504 e. The van der Waals surface area contributed by atoms with Gasteiger partial charge in [-0.1, -0.05) is 6.07 Å². The number of rotatable bonds is 2. The van der Waals surface area contributed by atoms with Crippen LogP contribution in [0.2, 0.25) is 0 Å². The molecule has 2 heterocycles. The van der Waals surface area contributed by atoms with Gasteiger partial charge in [0.05, 0.1) is 12.1 Å². The number of aromatic hydroxyl groups is 1. The first-order chi connectivity index (χ1) is 11.2. The standard InChI is InChI=1S/C18H19NO3S/c1-22-14-7-6-10(8-13(14)20)12-9-16(21)19-18-17(12)11-4-2-3-5-15(11)23-18/h6-8,12,20H,2-5,9H2,1H3,(H,19,21)/t12-/m0/s1. The molecule has 0 saturated heterocycles. The quantitative estimate of drug-likeness (QED) is 0.881. The maximum atomic E-state index is 12.1. The molecule has 0 spiro atoms. The molecule has 2 aliphatic rings. The Labute approximate surface area is 139 Å². The molecule has 0 bridgehead atoms. The summed E-state index contributed by atoms with van der Waals surface area (Å²) in [6.45, 7) is 0. The van der Waals surface area contributed by atoms with Gasteiger partial charge in [0, 0.05) is 17.2 Å². The first kappa shape index (κ1) is 14.6. The summed E-state index contributed by atoms with van der Waals surface area (Å²) in [5, 5.41) is 14.2. The number of methoxy groups -OCH3 is 1. The van der Waals surface area contributed by atoms with Crippen LogP contribution in [0.25, 0.3) is 0 Å². The van der Waals surface area contributed by atoms with E-state index in [-0.39, 0.29) is 17.6 Å². The fraction of sp³-hybridized carbons (Fsp3) is 0.389. The zero-order valence-electron chi connectivity index (χ0n) is 13.0. The molecule has 23 heavy (non-hydrogen) atoms. The Morgan fingerprint density at radius 1 is 1.30 bits per heavy atom. The van der Waals surface area contributed by atoms with Gasteiger partial charge in [-0.2, -0.15) is 0 Å². The number of phenolic OH excluding ortho intramolecular Hbond substituents is 1. The highest BCUT2D eigenvalue weighted by Crippen LogP contribution is 2.48. The van der Waals surface area contributed by atoms with Crippen molar-refractivity contribution in [1.29, 1.82) is 0 Å². The minimum Gasteiger partial charge on any atom is -0.504 e. The monoisotopic (exact) mass is 329 g/mol. The number of nitrogens with one attached hydrogen (secondary N) is 1. The van der Waals surface area contributed by atoms with E-state index in [1.165, 1.54) is 36.0 Å². The molecule has 0 fully saturated rings. The Bertz CT molecular complexity index is 781. The average molecular weight is 329 g/mol. The van der Waals surface area contributed by atoms with Gasteiger partial charge >= 0.3 is 0 Å². The molecule has 2 aromatic rings. The number of aryl methyl sites for hydroxylation is 1. The van der Waals surface area contributed by atoms with Gasteiger partial charge in [0.1, 0.15) is 0 Å². The van der Waals surface area contributed by atoms with Crippen molar-refractivity contribution in [3.05, 3.63) is 39.8 Å². The minimum absolute atomic E-state index is 0.0219. The lowest BCUT2D eigenvalue weighted by atomic mass is 9.82. The molecule has 2 N–H and O–H groups in total. The van der Waals surface area contributed by atoms with Crippen LogP contribution in [0.4, 0.5) is 5.00 Å². The Hall–Kier alpha value is -2.01. The third-order valence-electron chi connectivity index (χ3n) is 4.81. The number of carbonyl (C=O) groups is 1. The summed E-state index contributed by atoms with van der Waals surface area (Å²) < 4.78 is 5.13. The predicted molar refractivity (Wildman–Crippen MR) is 90.7 cm³/mol. The lowest BCUT2D eigenvalue weighted by Gasteiger charge is -2.25. The summed E-state index contributed by atoms with van der Waals surface area (Å²) in [7, 11) is 1.54. The van der Waals surface area contributed by atoms with Crippen molar-refractivity contribution >= 4 is 22.2 Å². The second kappa shape index (κ2) is 5.57. The normalized spacial score (nSPS) is 19.7. The van der Waals surface area contributed by atoms with E-state index in [1.807, 2.05) is 6.07 Å². The van der Waals surface area contributed by atoms with Crippen molar-refractivity contribution in [2.45, 2.75) is 38.0 Å². The van der Waals surface area contributed by atoms with Crippen molar-refractivity contribution < 1.29 is 14.6 Å². The SMILES string of the molecule is COc1ccc([C@@H]2CC(=O)Nc3sc4c(c32)CCCC4)cc1O. The van der Waals surface area contributed by atoms with Crippen molar-refractivity contribution in [3.8, 4) is 11.5 Å². The van der Waals surface area contributed by atoms with Crippen LogP contribution in [-0.2, 0) is 17.6 Å². The number of hydrogen-bond acceptors (Lipinski definition) is 4. The van der Waals surface area contributed by atoms with Crippen molar-refractivity contribution in [3.63, 3.8) is 0 Å². The van der Waals surface area contributed by atoms with Gasteiger partial charge in [-0.25, -0.2) is 0 Å². The predicted octanol–water partition coefficient (Wildman–Crippen LogP) is 3.82. The zero-order valence-corrected chi connectivity index (χ0v) is 13.8. The molecule has 1 aromatic carbocycles.